The molecule has 2 N–H and O–H groups in total. The summed E-state index contributed by atoms with van der Waals surface area (Å²) in [5.74, 6) is 0.428. The van der Waals surface area contributed by atoms with Crippen LogP contribution in [0.25, 0.3) is 0 Å². The largest absolute Gasteiger partial charge is 0.744 e. The smallest absolute Gasteiger partial charge is 0.124 e. The molecule has 5 aromatic rings. The molecule has 0 aliphatic carbocycles. The van der Waals surface area contributed by atoms with Crippen molar-refractivity contribution in [3.05, 3.63) is 144 Å². The zero-order valence-corrected chi connectivity index (χ0v) is 29.0. The van der Waals surface area contributed by atoms with Gasteiger partial charge in [-0.2, -0.15) is 0 Å². The lowest BCUT2D eigenvalue weighted by molar-refractivity contribution is 0.420. The molecule has 0 spiro atoms. The van der Waals surface area contributed by atoms with Crippen LogP contribution in [0.4, 0.5) is 0 Å². The van der Waals surface area contributed by atoms with Crippen LogP contribution in [0.15, 0.2) is 132 Å². The predicted molar refractivity (Wildman–Crippen MR) is 190 cm³/mol. The van der Waals surface area contributed by atoms with E-state index in [-0.39, 0.29) is 10.6 Å². The molecule has 5 nitrogen and oxygen atoms in total. The Morgan fingerprint density at radius 3 is 1.26 bits per heavy atom. The van der Waals surface area contributed by atoms with Crippen molar-refractivity contribution < 1.29 is 23.2 Å². The van der Waals surface area contributed by atoms with E-state index < -0.39 is 28.2 Å². The van der Waals surface area contributed by atoms with Gasteiger partial charge in [0.05, 0.1) is 4.90 Å². The second kappa shape index (κ2) is 13.8. The monoisotopic (exact) mass is 654 g/mol. The van der Waals surface area contributed by atoms with Gasteiger partial charge in [0.25, 0.3) is 0 Å². The second-order valence-electron chi connectivity index (χ2n) is 13.4. The van der Waals surface area contributed by atoms with Crippen molar-refractivity contribution in [2.45, 2.75) is 63.4 Å². The van der Waals surface area contributed by atoms with E-state index >= 15 is 0 Å². The SMILES string of the molecule is CC(C)(C)c1cc(S(=O)(=O)[O-])cc(C(C)(C)C)c1O.Oc1ccccc1C[P+](c1ccccc1)(c1ccccc1)c1ccccc1. The molecule has 0 radical (unpaired) electrons. The summed E-state index contributed by atoms with van der Waals surface area (Å²) < 4.78 is 33.8. The van der Waals surface area contributed by atoms with Crippen LogP contribution in [-0.2, 0) is 27.1 Å². The molecule has 0 aliphatic rings. The van der Waals surface area contributed by atoms with Gasteiger partial charge in [-0.1, -0.05) is 114 Å². The van der Waals surface area contributed by atoms with Crippen molar-refractivity contribution in [1.82, 2.24) is 0 Å². The molecule has 0 aromatic heterocycles. The van der Waals surface area contributed by atoms with Crippen LogP contribution in [-0.4, -0.2) is 23.2 Å². The van der Waals surface area contributed by atoms with E-state index in [4.69, 9.17) is 0 Å². The van der Waals surface area contributed by atoms with Crippen molar-refractivity contribution >= 4 is 33.3 Å². The van der Waals surface area contributed by atoms with Gasteiger partial charge in [-0.05, 0) is 65.4 Å². The summed E-state index contributed by atoms with van der Waals surface area (Å²) in [7, 11) is -6.51. The number of phenolic OH excluding ortho intramolecular Hbond substituents is 2. The van der Waals surface area contributed by atoms with Gasteiger partial charge in [-0.25, -0.2) is 8.42 Å². The molecule has 46 heavy (non-hydrogen) atoms. The fraction of sp³-hybridized carbons (Fsp3) is 0.231. The summed E-state index contributed by atoms with van der Waals surface area (Å²) in [6.07, 6.45) is 0.789. The van der Waals surface area contributed by atoms with Crippen LogP contribution in [0, 0.1) is 0 Å². The average molecular weight is 655 g/mol. The fourth-order valence-electron chi connectivity index (χ4n) is 5.56. The third-order valence-electron chi connectivity index (χ3n) is 7.98. The highest BCUT2D eigenvalue weighted by Crippen LogP contribution is 2.58. The van der Waals surface area contributed by atoms with E-state index in [1.807, 2.05) is 59.7 Å². The van der Waals surface area contributed by atoms with Crippen molar-refractivity contribution in [1.29, 1.82) is 0 Å². The molecule has 0 saturated carbocycles. The summed E-state index contributed by atoms with van der Waals surface area (Å²) in [6, 6.07) is 42.5. The molecule has 0 unspecified atom stereocenters. The Kier molecular flexibility index (Phi) is 10.5. The highest BCUT2D eigenvalue weighted by Gasteiger charge is 2.45. The first-order valence-electron chi connectivity index (χ1n) is 15.2. The Labute approximate surface area is 274 Å². The lowest BCUT2D eigenvalue weighted by Gasteiger charge is -2.28. The number of hydrogen-bond donors (Lipinski definition) is 2. The quantitative estimate of drug-likeness (QED) is 0.144. The minimum Gasteiger partial charge on any atom is -0.744 e. The molecule has 0 saturated heterocycles. The summed E-state index contributed by atoms with van der Waals surface area (Å²) in [5.41, 5.74) is 1.02. The molecule has 5 rings (SSSR count). The maximum atomic E-state index is 11.3. The van der Waals surface area contributed by atoms with Crippen molar-refractivity contribution in [3.8, 4) is 11.5 Å². The van der Waals surface area contributed by atoms with Gasteiger partial charge in [0, 0.05) is 16.7 Å². The third kappa shape index (κ3) is 7.87. The van der Waals surface area contributed by atoms with Gasteiger partial charge in [-0.3, -0.25) is 0 Å². The zero-order chi connectivity index (χ0) is 33.8. The van der Waals surface area contributed by atoms with Gasteiger partial charge < -0.3 is 14.8 Å². The highest BCUT2D eigenvalue weighted by molar-refractivity contribution is 7.95. The van der Waals surface area contributed by atoms with Crippen molar-refractivity contribution in [2.24, 2.45) is 0 Å². The Morgan fingerprint density at radius 2 is 0.935 bits per heavy atom. The van der Waals surface area contributed by atoms with Gasteiger partial charge in [0.15, 0.2) is 0 Å². The lowest BCUT2D eigenvalue weighted by atomic mass is 9.79. The molecular weight excluding hydrogens is 611 g/mol. The Morgan fingerprint density at radius 1 is 0.587 bits per heavy atom. The predicted octanol–water partition coefficient (Wildman–Crippen LogP) is 7.78. The summed E-state index contributed by atoms with van der Waals surface area (Å²) in [4.78, 5) is -0.292. The molecule has 7 heteroatoms. The topological polar surface area (TPSA) is 97.7 Å². The number of benzene rings is 5. The maximum Gasteiger partial charge on any atom is 0.124 e. The van der Waals surface area contributed by atoms with E-state index in [1.54, 1.807) is 6.07 Å². The molecule has 5 aromatic carbocycles. The molecule has 0 atom stereocenters. The maximum absolute atomic E-state index is 11.3. The van der Waals surface area contributed by atoms with E-state index in [9.17, 15) is 23.2 Å². The number of para-hydroxylation sites is 1. The molecule has 0 aliphatic heterocycles. The van der Waals surface area contributed by atoms with Crippen LogP contribution in [0.5, 0.6) is 11.5 Å². The van der Waals surface area contributed by atoms with Crippen LogP contribution in [0.3, 0.4) is 0 Å². The van der Waals surface area contributed by atoms with Crippen LogP contribution < -0.4 is 15.9 Å². The summed E-state index contributed by atoms with van der Waals surface area (Å²) in [5, 5.41) is 24.9. The molecule has 0 amide bonds. The molecule has 0 fully saturated rings. The van der Waals surface area contributed by atoms with Crippen LogP contribution >= 0.6 is 7.26 Å². The Hall–Kier alpha value is -3.96. The van der Waals surface area contributed by atoms with Crippen LogP contribution in [0.2, 0.25) is 0 Å². The lowest BCUT2D eigenvalue weighted by Crippen LogP contribution is -2.32. The highest BCUT2D eigenvalue weighted by atomic mass is 32.2. The number of phenols is 2. The fourth-order valence-corrected chi connectivity index (χ4v) is 10.4. The van der Waals surface area contributed by atoms with Gasteiger partial charge in [-0.15, -0.1) is 0 Å². The first-order chi connectivity index (χ1) is 21.5. The van der Waals surface area contributed by atoms with Gasteiger partial charge in [0.2, 0.25) is 0 Å². The van der Waals surface area contributed by atoms with E-state index in [2.05, 4.69) is 91.0 Å². The summed E-state index contributed by atoms with van der Waals surface area (Å²) in [6.45, 7) is 11.1. The first-order valence-corrected chi connectivity index (χ1v) is 18.6. The number of aromatic hydroxyl groups is 2. The van der Waals surface area contributed by atoms with E-state index in [0.717, 1.165) is 11.7 Å². The number of hydrogen-bond acceptors (Lipinski definition) is 5. The van der Waals surface area contributed by atoms with Crippen molar-refractivity contribution in [2.75, 3.05) is 0 Å². The van der Waals surface area contributed by atoms with E-state index in [0.29, 0.717) is 16.9 Å². The molecular formula is C39H43O5PS. The molecule has 0 bridgehead atoms. The van der Waals surface area contributed by atoms with Crippen LogP contribution in [0.1, 0.15) is 58.2 Å². The zero-order valence-electron chi connectivity index (χ0n) is 27.3. The second-order valence-corrected chi connectivity index (χ2v) is 18.3. The number of rotatable bonds is 6. The summed E-state index contributed by atoms with van der Waals surface area (Å²) >= 11 is 0. The minimum atomic E-state index is -4.55. The van der Waals surface area contributed by atoms with Gasteiger partial charge in [0.1, 0.15) is 51.0 Å². The molecule has 0 heterocycles. The van der Waals surface area contributed by atoms with E-state index in [1.165, 1.54) is 28.0 Å². The first kappa shape index (κ1) is 34.9. The minimum absolute atomic E-state index is 0.0624. The normalized spacial score (nSPS) is 12.2. The Balaban J connectivity index is 0.000000224. The Bertz CT molecular complexity index is 1730. The van der Waals surface area contributed by atoms with Gasteiger partial charge >= 0.3 is 0 Å². The standard InChI is InChI=1S/C25H21OP.C14H22O4S/c26-25-19-11-10-12-21(25)20-27(22-13-4-1-5-14-22,23-15-6-2-7-16-23)24-17-8-3-9-18-24;1-13(2,3)10-7-9(19(16,17)18)8-11(12(10)15)14(4,5)6/h1-19H,20H2;7-8,15H,1-6H3,(H,16,17,18). The third-order valence-corrected chi connectivity index (χ3v) is 13.1. The molecule has 240 valence electrons. The average Bonchev–Trinajstić information content (AvgIpc) is 3.01. The van der Waals surface area contributed by atoms with Crippen molar-refractivity contribution in [3.63, 3.8) is 0 Å².